The lowest BCUT2D eigenvalue weighted by Gasteiger charge is -2.21. The molecule has 0 saturated heterocycles. The summed E-state index contributed by atoms with van der Waals surface area (Å²) in [6.07, 6.45) is 1.11. The highest BCUT2D eigenvalue weighted by Gasteiger charge is 2.37. The Labute approximate surface area is 84.9 Å². The number of hydrogen-bond acceptors (Lipinski definition) is 0. The molecule has 1 aliphatic rings. The first-order chi connectivity index (χ1) is 6.02. The van der Waals surface area contributed by atoms with E-state index in [0.29, 0.717) is 0 Å². The van der Waals surface area contributed by atoms with E-state index < -0.39 is 0 Å². The van der Waals surface area contributed by atoms with Crippen LogP contribution < -0.4 is 0 Å². The van der Waals surface area contributed by atoms with Crippen molar-refractivity contribution in [2.24, 2.45) is 5.41 Å². The fourth-order valence-electron chi connectivity index (χ4n) is 2.17. The van der Waals surface area contributed by atoms with Crippen molar-refractivity contribution in [3.63, 3.8) is 0 Å². The van der Waals surface area contributed by atoms with Crippen LogP contribution in [0.4, 0.5) is 0 Å². The molecule has 0 bridgehead atoms. The van der Waals surface area contributed by atoms with Crippen LogP contribution in [-0.2, 0) is 6.42 Å². The minimum absolute atomic E-state index is 0.183. The van der Waals surface area contributed by atoms with Crippen LogP contribution in [0.15, 0.2) is 18.2 Å². The van der Waals surface area contributed by atoms with Gasteiger partial charge in [-0.3, -0.25) is 0 Å². The molecule has 2 rings (SSSR count). The van der Waals surface area contributed by atoms with Gasteiger partial charge in [0.15, 0.2) is 0 Å². The normalized spacial score (nSPS) is 24.5. The maximum atomic E-state index is 6.41. The molecule has 0 aromatic heterocycles. The van der Waals surface area contributed by atoms with E-state index in [1.165, 1.54) is 16.7 Å². The number of alkyl halides is 1. The van der Waals surface area contributed by atoms with Gasteiger partial charge in [0, 0.05) is 0 Å². The highest BCUT2D eigenvalue weighted by molar-refractivity contribution is 6.21. The number of aryl methyl sites for hydroxylation is 1. The predicted octanol–water partition coefficient (Wildman–Crippen LogP) is 3.86. The minimum atomic E-state index is 0.183. The zero-order chi connectivity index (χ0) is 9.64. The minimum Gasteiger partial charge on any atom is -0.117 e. The van der Waals surface area contributed by atoms with Crippen molar-refractivity contribution in [1.82, 2.24) is 0 Å². The molecule has 0 nitrogen and oxygen atoms in total. The van der Waals surface area contributed by atoms with Gasteiger partial charge in [-0.25, -0.2) is 0 Å². The summed E-state index contributed by atoms with van der Waals surface area (Å²) >= 11 is 6.41. The second kappa shape index (κ2) is 2.75. The van der Waals surface area contributed by atoms with Crippen molar-refractivity contribution in [2.75, 3.05) is 0 Å². The van der Waals surface area contributed by atoms with Gasteiger partial charge >= 0.3 is 0 Å². The van der Waals surface area contributed by atoms with Crippen LogP contribution in [0.1, 0.15) is 35.9 Å². The SMILES string of the molecule is Cc1cccc2c1CC(C)(C)C2Cl. The Bertz CT molecular complexity index is 339. The topological polar surface area (TPSA) is 0 Å². The third-order valence-corrected chi connectivity index (χ3v) is 3.86. The van der Waals surface area contributed by atoms with Gasteiger partial charge in [-0.1, -0.05) is 32.0 Å². The number of halogens is 1. The van der Waals surface area contributed by atoms with Crippen molar-refractivity contribution in [3.05, 3.63) is 34.9 Å². The van der Waals surface area contributed by atoms with E-state index >= 15 is 0 Å². The van der Waals surface area contributed by atoms with Crippen LogP contribution in [0, 0.1) is 12.3 Å². The fourth-order valence-corrected chi connectivity index (χ4v) is 2.45. The van der Waals surface area contributed by atoms with Crippen LogP contribution in [0.2, 0.25) is 0 Å². The molecule has 70 valence electrons. The molecule has 0 fully saturated rings. The fraction of sp³-hybridized carbons (Fsp3) is 0.500. The van der Waals surface area contributed by atoms with Crippen LogP contribution in [0.25, 0.3) is 0 Å². The first-order valence-electron chi connectivity index (χ1n) is 4.75. The summed E-state index contributed by atoms with van der Waals surface area (Å²) in [5.41, 5.74) is 4.41. The summed E-state index contributed by atoms with van der Waals surface area (Å²) in [6.45, 7) is 6.65. The molecule has 1 aliphatic carbocycles. The molecular weight excluding hydrogens is 180 g/mol. The van der Waals surface area contributed by atoms with Crippen molar-refractivity contribution in [3.8, 4) is 0 Å². The van der Waals surface area contributed by atoms with Gasteiger partial charge < -0.3 is 0 Å². The maximum absolute atomic E-state index is 6.41. The lowest BCUT2D eigenvalue weighted by Crippen LogP contribution is -2.12. The first-order valence-corrected chi connectivity index (χ1v) is 5.18. The van der Waals surface area contributed by atoms with Crippen LogP contribution in [0.5, 0.6) is 0 Å². The Kier molecular flexibility index (Phi) is 1.92. The molecule has 0 spiro atoms. The molecule has 1 aromatic carbocycles. The van der Waals surface area contributed by atoms with E-state index in [-0.39, 0.29) is 10.8 Å². The van der Waals surface area contributed by atoms with Crippen LogP contribution >= 0.6 is 11.6 Å². The predicted molar refractivity (Wildman–Crippen MR) is 57.3 cm³/mol. The lowest BCUT2D eigenvalue weighted by molar-refractivity contribution is 0.379. The first kappa shape index (κ1) is 9.08. The van der Waals surface area contributed by atoms with Gasteiger partial charge in [0.05, 0.1) is 5.38 Å². The zero-order valence-corrected chi connectivity index (χ0v) is 9.15. The van der Waals surface area contributed by atoms with Gasteiger partial charge in [0.2, 0.25) is 0 Å². The van der Waals surface area contributed by atoms with E-state index in [1.54, 1.807) is 0 Å². The highest BCUT2D eigenvalue weighted by Crippen LogP contribution is 2.49. The Morgan fingerprint density at radius 1 is 1.38 bits per heavy atom. The van der Waals surface area contributed by atoms with Gasteiger partial charge in [-0.15, -0.1) is 11.6 Å². The molecular formula is C12H15Cl. The molecule has 0 saturated carbocycles. The second-order valence-corrected chi connectivity index (χ2v) is 5.11. The van der Waals surface area contributed by atoms with Crippen molar-refractivity contribution in [2.45, 2.75) is 32.6 Å². The average Bonchev–Trinajstić information content (AvgIpc) is 2.28. The Morgan fingerprint density at radius 2 is 2.08 bits per heavy atom. The highest BCUT2D eigenvalue weighted by atomic mass is 35.5. The van der Waals surface area contributed by atoms with Crippen molar-refractivity contribution < 1.29 is 0 Å². The van der Waals surface area contributed by atoms with Crippen LogP contribution in [-0.4, -0.2) is 0 Å². The number of benzene rings is 1. The van der Waals surface area contributed by atoms with E-state index in [1.807, 2.05) is 0 Å². The molecule has 0 amide bonds. The molecule has 1 unspecified atom stereocenters. The smallest absolute Gasteiger partial charge is 0.0642 e. The Balaban J connectivity index is 2.56. The molecule has 0 radical (unpaired) electrons. The van der Waals surface area contributed by atoms with Gasteiger partial charge in [0.1, 0.15) is 0 Å². The van der Waals surface area contributed by atoms with Crippen molar-refractivity contribution in [1.29, 1.82) is 0 Å². The van der Waals surface area contributed by atoms with Crippen molar-refractivity contribution >= 4 is 11.6 Å². The van der Waals surface area contributed by atoms with Gasteiger partial charge in [-0.05, 0) is 35.4 Å². The Hall–Kier alpha value is -0.490. The zero-order valence-electron chi connectivity index (χ0n) is 8.39. The molecule has 0 aliphatic heterocycles. The standard InChI is InChI=1S/C12H15Cl/c1-8-5-4-6-9-10(8)7-12(2,3)11(9)13/h4-6,11H,7H2,1-3H3. The summed E-state index contributed by atoms with van der Waals surface area (Å²) in [5, 5.41) is 0.183. The average molecular weight is 195 g/mol. The van der Waals surface area contributed by atoms with Gasteiger partial charge in [0.25, 0.3) is 0 Å². The van der Waals surface area contributed by atoms with E-state index in [9.17, 15) is 0 Å². The largest absolute Gasteiger partial charge is 0.117 e. The van der Waals surface area contributed by atoms with Gasteiger partial charge in [-0.2, -0.15) is 0 Å². The summed E-state index contributed by atoms with van der Waals surface area (Å²) in [5.74, 6) is 0. The number of fused-ring (bicyclic) bond motifs is 1. The number of rotatable bonds is 0. The second-order valence-electron chi connectivity index (χ2n) is 4.67. The summed E-state index contributed by atoms with van der Waals surface area (Å²) in [6, 6.07) is 6.43. The summed E-state index contributed by atoms with van der Waals surface area (Å²) in [4.78, 5) is 0. The van der Waals surface area contributed by atoms with E-state index in [2.05, 4.69) is 39.0 Å². The third kappa shape index (κ3) is 1.28. The third-order valence-electron chi connectivity index (χ3n) is 3.04. The maximum Gasteiger partial charge on any atom is 0.0642 e. The van der Waals surface area contributed by atoms with E-state index in [4.69, 9.17) is 11.6 Å². The summed E-state index contributed by atoms with van der Waals surface area (Å²) < 4.78 is 0. The molecule has 1 atom stereocenters. The molecule has 0 N–H and O–H groups in total. The summed E-state index contributed by atoms with van der Waals surface area (Å²) in [7, 11) is 0. The molecule has 1 aromatic rings. The van der Waals surface area contributed by atoms with Crippen LogP contribution in [0.3, 0.4) is 0 Å². The quantitative estimate of drug-likeness (QED) is 0.551. The molecule has 1 heteroatoms. The number of hydrogen-bond donors (Lipinski definition) is 0. The lowest BCUT2D eigenvalue weighted by atomic mass is 9.89. The van der Waals surface area contributed by atoms with E-state index in [0.717, 1.165) is 6.42 Å². The molecule has 0 heterocycles. The Morgan fingerprint density at radius 3 is 2.69 bits per heavy atom. The molecule has 13 heavy (non-hydrogen) atoms. The monoisotopic (exact) mass is 194 g/mol.